The Morgan fingerprint density at radius 2 is 1.73 bits per heavy atom. The van der Waals surface area contributed by atoms with Gasteiger partial charge in [-0.25, -0.2) is 9.36 Å². The van der Waals surface area contributed by atoms with Crippen molar-refractivity contribution in [3.8, 4) is 23.1 Å². The molecule has 0 aliphatic carbocycles. The Bertz CT molecular complexity index is 1200. The number of hydrogen-bond acceptors (Lipinski definition) is 7. The first kappa shape index (κ1) is 23.6. The lowest BCUT2D eigenvalue weighted by molar-refractivity contribution is -0.116. The maximum atomic E-state index is 12.3. The van der Waals surface area contributed by atoms with E-state index in [1.807, 2.05) is 19.9 Å². The number of nitrogens with zero attached hydrogens (tertiary/aromatic N) is 4. The Hall–Kier alpha value is -4.08. The van der Waals surface area contributed by atoms with Gasteiger partial charge < -0.3 is 19.5 Å². The van der Waals surface area contributed by atoms with Crippen molar-refractivity contribution in [2.24, 2.45) is 0 Å². The summed E-state index contributed by atoms with van der Waals surface area (Å²) in [6.45, 7) is 4.25. The van der Waals surface area contributed by atoms with Crippen LogP contribution in [-0.2, 0) is 11.3 Å². The molecule has 2 aromatic heterocycles. The Morgan fingerprint density at radius 1 is 1.03 bits per heavy atom. The molecule has 0 unspecified atom stereocenters. The monoisotopic (exact) mass is 453 g/mol. The van der Waals surface area contributed by atoms with Crippen molar-refractivity contribution in [3.63, 3.8) is 0 Å². The molecule has 0 saturated heterocycles. The average Bonchev–Trinajstić information content (AvgIpc) is 3.15. The van der Waals surface area contributed by atoms with E-state index in [0.717, 1.165) is 11.4 Å². The molecule has 0 bridgehead atoms. The van der Waals surface area contributed by atoms with Gasteiger partial charge in [-0.1, -0.05) is 0 Å². The number of carbonyl (C=O) groups excluding carboxylic acids is 1. The number of aromatic nitrogens is 4. The second-order valence-corrected chi connectivity index (χ2v) is 7.17. The molecular weight excluding hydrogens is 426 g/mol. The molecule has 1 aromatic carbocycles. The molecule has 3 aromatic rings. The van der Waals surface area contributed by atoms with E-state index in [-0.39, 0.29) is 24.6 Å². The van der Waals surface area contributed by atoms with Crippen molar-refractivity contribution in [2.45, 2.75) is 20.4 Å². The molecule has 174 valence electrons. The van der Waals surface area contributed by atoms with Crippen molar-refractivity contribution >= 4 is 12.0 Å². The van der Waals surface area contributed by atoms with Crippen molar-refractivity contribution in [3.05, 3.63) is 63.7 Å². The van der Waals surface area contributed by atoms with Crippen LogP contribution in [0.1, 0.15) is 17.0 Å². The number of ether oxygens (including phenoxy) is 3. The van der Waals surface area contributed by atoms with E-state index in [1.165, 1.54) is 38.2 Å². The number of nitrogens with one attached hydrogen (secondary N) is 1. The molecule has 0 radical (unpaired) electrons. The van der Waals surface area contributed by atoms with E-state index < -0.39 is 0 Å². The highest BCUT2D eigenvalue weighted by Gasteiger charge is 2.12. The third-order valence-electron chi connectivity index (χ3n) is 4.82. The SMILES string of the molecule is COc1cc(/C=C/C(=O)NCCn2nc(-n3nc(C)cc3C)ccc2=O)cc(OC)c1OC. The molecule has 2 heterocycles. The van der Waals surface area contributed by atoms with Crippen LogP contribution in [0.5, 0.6) is 17.2 Å². The Labute approximate surface area is 191 Å². The van der Waals surface area contributed by atoms with E-state index in [2.05, 4.69) is 15.5 Å². The standard InChI is InChI=1S/C23H27N5O5/c1-15-12-16(2)28(25-15)20-7-9-22(30)27(26-20)11-10-24-21(29)8-6-17-13-18(31-3)23(33-5)19(14-17)32-4/h6-9,12-14H,10-11H2,1-5H3,(H,24,29)/b8-6+. The number of methoxy groups -OCH3 is 3. The first-order valence-electron chi connectivity index (χ1n) is 10.2. The maximum absolute atomic E-state index is 12.3. The van der Waals surface area contributed by atoms with Gasteiger partial charge in [0, 0.05) is 24.4 Å². The topological polar surface area (TPSA) is 110 Å². The highest BCUT2D eigenvalue weighted by Crippen LogP contribution is 2.38. The molecule has 0 fully saturated rings. The van der Waals surface area contributed by atoms with Crippen molar-refractivity contribution in [1.82, 2.24) is 24.9 Å². The minimum Gasteiger partial charge on any atom is -0.493 e. The van der Waals surface area contributed by atoms with Crippen LogP contribution in [0.25, 0.3) is 11.9 Å². The smallest absolute Gasteiger partial charge is 0.266 e. The van der Waals surface area contributed by atoms with Crippen molar-refractivity contribution in [1.29, 1.82) is 0 Å². The van der Waals surface area contributed by atoms with Crippen LogP contribution >= 0.6 is 0 Å². The van der Waals surface area contributed by atoms with Gasteiger partial charge in [-0.2, -0.15) is 5.10 Å². The molecule has 1 N–H and O–H groups in total. The van der Waals surface area contributed by atoms with Crippen molar-refractivity contribution in [2.75, 3.05) is 27.9 Å². The highest BCUT2D eigenvalue weighted by molar-refractivity contribution is 5.91. The van der Waals surface area contributed by atoms with E-state index in [4.69, 9.17) is 14.2 Å². The fraction of sp³-hybridized carbons (Fsp3) is 0.304. The van der Waals surface area contributed by atoms with Crippen LogP contribution in [0.2, 0.25) is 0 Å². The summed E-state index contributed by atoms with van der Waals surface area (Å²) in [4.78, 5) is 24.4. The number of aryl methyl sites for hydroxylation is 2. The lowest BCUT2D eigenvalue weighted by atomic mass is 10.1. The summed E-state index contributed by atoms with van der Waals surface area (Å²) in [7, 11) is 4.57. The van der Waals surface area contributed by atoms with Crippen LogP contribution in [0.3, 0.4) is 0 Å². The van der Waals surface area contributed by atoms with E-state index in [1.54, 1.807) is 29.0 Å². The second kappa shape index (κ2) is 10.5. The first-order valence-corrected chi connectivity index (χ1v) is 10.2. The Balaban J connectivity index is 1.64. The number of rotatable bonds is 9. The van der Waals surface area contributed by atoms with Crippen molar-refractivity contribution < 1.29 is 19.0 Å². The van der Waals surface area contributed by atoms with Gasteiger partial charge in [0.1, 0.15) is 0 Å². The fourth-order valence-electron chi connectivity index (χ4n) is 3.29. The first-order chi connectivity index (χ1) is 15.9. The Morgan fingerprint density at radius 3 is 2.30 bits per heavy atom. The van der Waals surface area contributed by atoms with E-state index in [9.17, 15) is 9.59 Å². The van der Waals surface area contributed by atoms with E-state index in [0.29, 0.717) is 28.6 Å². The third-order valence-corrected chi connectivity index (χ3v) is 4.82. The average molecular weight is 453 g/mol. The summed E-state index contributed by atoms with van der Waals surface area (Å²) in [6, 6.07) is 8.46. The van der Waals surface area contributed by atoms with Gasteiger partial charge >= 0.3 is 0 Å². The van der Waals surface area contributed by atoms with Crippen LogP contribution in [-0.4, -0.2) is 53.3 Å². The molecule has 1 amide bonds. The van der Waals surface area contributed by atoms with Gasteiger partial charge in [-0.15, -0.1) is 5.10 Å². The number of amides is 1. The predicted molar refractivity (Wildman–Crippen MR) is 123 cm³/mol. The zero-order valence-corrected chi connectivity index (χ0v) is 19.3. The van der Waals surface area contributed by atoms with Crippen LogP contribution in [0, 0.1) is 13.8 Å². The van der Waals surface area contributed by atoms with Gasteiger partial charge in [0.2, 0.25) is 11.7 Å². The molecule has 33 heavy (non-hydrogen) atoms. The maximum Gasteiger partial charge on any atom is 0.266 e. The summed E-state index contributed by atoms with van der Waals surface area (Å²) in [5, 5.41) is 11.5. The highest BCUT2D eigenvalue weighted by atomic mass is 16.5. The molecule has 3 rings (SSSR count). The van der Waals surface area contributed by atoms with Gasteiger partial charge in [-0.05, 0) is 49.8 Å². The number of benzene rings is 1. The molecule has 10 nitrogen and oxygen atoms in total. The zero-order chi connectivity index (χ0) is 24.0. The summed E-state index contributed by atoms with van der Waals surface area (Å²) >= 11 is 0. The molecule has 10 heteroatoms. The summed E-state index contributed by atoms with van der Waals surface area (Å²) < 4.78 is 18.9. The van der Waals surface area contributed by atoms with Crippen LogP contribution < -0.4 is 25.1 Å². The van der Waals surface area contributed by atoms with Crippen LogP contribution in [0.4, 0.5) is 0 Å². The molecular formula is C23H27N5O5. The number of carbonyl (C=O) groups is 1. The lowest BCUT2D eigenvalue weighted by Gasteiger charge is -2.12. The minimum atomic E-state index is -0.313. The molecule has 0 aliphatic rings. The molecule has 0 atom stereocenters. The molecule has 0 saturated carbocycles. The third kappa shape index (κ3) is 5.59. The zero-order valence-electron chi connectivity index (χ0n) is 19.3. The van der Waals surface area contributed by atoms with Crippen LogP contribution in [0.15, 0.2) is 41.2 Å². The largest absolute Gasteiger partial charge is 0.493 e. The van der Waals surface area contributed by atoms with Gasteiger partial charge in [0.05, 0.1) is 33.6 Å². The summed E-state index contributed by atoms with van der Waals surface area (Å²) in [5.41, 5.74) is 2.21. The summed E-state index contributed by atoms with van der Waals surface area (Å²) in [5.74, 6) is 1.68. The normalized spacial score (nSPS) is 10.9. The quantitative estimate of drug-likeness (QED) is 0.493. The predicted octanol–water partition coefficient (Wildman–Crippen LogP) is 1.90. The molecule has 0 spiro atoms. The van der Waals surface area contributed by atoms with Gasteiger partial charge in [0.15, 0.2) is 17.3 Å². The fourth-order valence-corrected chi connectivity index (χ4v) is 3.29. The van der Waals surface area contributed by atoms with Gasteiger partial charge in [-0.3, -0.25) is 9.59 Å². The summed E-state index contributed by atoms with van der Waals surface area (Å²) in [6.07, 6.45) is 3.02. The lowest BCUT2D eigenvalue weighted by Crippen LogP contribution is -2.31. The minimum absolute atomic E-state index is 0.218. The Kier molecular flexibility index (Phi) is 7.50. The second-order valence-electron chi connectivity index (χ2n) is 7.17. The van der Waals surface area contributed by atoms with Gasteiger partial charge in [0.25, 0.3) is 5.56 Å². The number of hydrogen-bond donors (Lipinski definition) is 1. The van der Waals surface area contributed by atoms with E-state index >= 15 is 0 Å². The molecule has 0 aliphatic heterocycles.